The lowest BCUT2D eigenvalue weighted by atomic mass is 10.1. The van der Waals surface area contributed by atoms with Crippen LogP contribution in [0.4, 0.5) is 5.69 Å². The maximum Gasteiger partial charge on any atom is 0.224 e. The largest absolute Gasteiger partial charge is 0.369 e. The van der Waals surface area contributed by atoms with Crippen LogP contribution in [0.5, 0.6) is 0 Å². The average Bonchev–Trinajstić information content (AvgIpc) is 2.65. The highest BCUT2D eigenvalue weighted by atomic mass is 35.5. The first-order valence-corrected chi connectivity index (χ1v) is 9.60. The Kier molecular flexibility index (Phi) is 6.78. The fourth-order valence-corrected chi connectivity index (χ4v) is 3.44. The van der Waals surface area contributed by atoms with E-state index in [1.165, 1.54) is 5.69 Å². The van der Waals surface area contributed by atoms with E-state index in [0.717, 1.165) is 43.3 Å². The van der Waals surface area contributed by atoms with Gasteiger partial charge in [0.1, 0.15) is 0 Å². The minimum Gasteiger partial charge on any atom is -0.369 e. The molecule has 0 saturated carbocycles. The van der Waals surface area contributed by atoms with Crippen molar-refractivity contribution in [2.24, 2.45) is 0 Å². The fraction of sp³-hybridized carbons (Fsp3) is 0.350. The number of anilines is 1. The molecule has 1 amide bonds. The maximum atomic E-state index is 12.1. The number of rotatable bonds is 6. The standard InChI is InChI=1S/C20H23Cl2N3O/c21-17-5-7-18(8-6-17)25-13-11-24(12-14-25)10-9-23-20(26)15-16-3-1-2-4-19(16)22/h1-8H,9-15H2,(H,23,26). The Morgan fingerprint density at radius 2 is 1.65 bits per heavy atom. The van der Waals surface area contributed by atoms with Crippen LogP contribution in [0.1, 0.15) is 5.56 Å². The SMILES string of the molecule is O=C(Cc1ccccc1Cl)NCCN1CCN(c2ccc(Cl)cc2)CC1. The number of halogens is 2. The normalized spacial score (nSPS) is 15.1. The summed E-state index contributed by atoms with van der Waals surface area (Å²) in [6.45, 7) is 5.46. The van der Waals surface area contributed by atoms with Crippen molar-refractivity contribution in [2.45, 2.75) is 6.42 Å². The molecule has 0 bridgehead atoms. The number of amides is 1. The maximum absolute atomic E-state index is 12.1. The number of nitrogens with one attached hydrogen (secondary N) is 1. The van der Waals surface area contributed by atoms with Crippen molar-refractivity contribution < 1.29 is 4.79 Å². The lowest BCUT2D eigenvalue weighted by Crippen LogP contribution is -2.48. The smallest absolute Gasteiger partial charge is 0.224 e. The zero-order valence-electron chi connectivity index (χ0n) is 14.6. The molecule has 138 valence electrons. The van der Waals surface area contributed by atoms with Crippen LogP contribution in [0.25, 0.3) is 0 Å². The van der Waals surface area contributed by atoms with Crippen molar-refractivity contribution in [3.8, 4) is 0 Å². The zero-order valence-corrected chi connectivity index (χ0v) is 16.1. The van der Waals surface area contributed by atoms with Crippen LogP contribution in [0.2, 0.25) is 10.0 Å². The van der Waals surface area contributed by atoms with E-state index in [0.29, 0.717) is 18.0 Å². The number of carbonyl (C=O) groups is 1. The summed E-state index contributed by atoms with van der Waals surface area (Å²) in [5.74, 6) is 0.0119. The van der Waals surface area contributed by atoms with E-state index in [2.05, 4.69) is 27.2 Å². The summed E-state index contributed by atoms with van der Waals surface area (Å²) in [6, 6.07) is 15.4. The molecule has 2 aromatic rings. The van der Waals surface area contributed by atoms with E-state index in [4.69, 9.17) is 23.2 Å². The molecule has 1 fully saturated rings. The van der Waals surface area contributed by atoms with Gasteiger partial charge in [-0.15, -0.1) is 0 Å². The zero-order chi connectivity index (χ0) is 18.4. The Hall–Kier alpha value is -1.75. The van der Waals surface area contributed by atoms with Gasteiger partial charge >= 0.3 is 0 Å². The fourth-order valence-electron chi connectivity index (χ4n) is 3.11. The molecular formula is C20H23Cl2N3O. The molecule has 0 aliphatic carbocycles. The molecule has 2 aromatic carbocycles. The van der Waals surface area contributed by atoms with Gasteiger partial charge in [-0.2, -0.15) is 0 Å². The predicted molar refractivity (Wildman–Crippen MR) is 108 cm³/mol. The first kappa shape index (κ1) is 19.0. The van der Waals surface area contributed by atoms with Gasteiger partial charge in [0.25, 0.3) is 0 Å². The Balaban J connectivity index is 1.37. The first-order valence-electron chi connectivity index (χ1n) is 8.85. The van der Waals surface area contributed by atoms with Crippen molar-refractivity contribution in [2.75, 3.05) is 44.2 Å². The number of piperazine rings is 1. The Labute approximate surface area is 164 Å². The molecule has 1 heterocycles. The second-order valence-electron chi connectivity index (χ2n) is 6.42. The Morgan fingerprint density at radius 1 is 0.962 bits per heavy atom. The van der Waals surface area contributed by atoms with Gasteiger partial charge in [0.05, 0.1) is 6.42 Å². The van der Waals surface area contributed by atoms with E-state index < -0.39 is 0 Å². The number of nitrogens with zero attached hydrogens (tertiary/aromatic N) is 2. The van der Waals surface area contributed by atoms with Crippen molar-refractivity contribution in [1.29, 1.82) is 0 Å². The average molecular weight is 392 g/mol. The van der Waals surface area contributed by atoms with E-state index in [1.54, 1.807) is 0 Å². The molecular weight excluding hydrogens is 369 g/mol. The van der Waals surface area contributed by atoms with Crippen molar-refractivity contribution >= 4 is 34.8 Å². The van der Waals surface area contributed by atoms with E-state index >= 15 is 0 Å². The van der Waals surface area contributed by atoms with E-state index in [1.807, 2.05) is 36.4 Å². The molecule has 4 nitrogen and oxygen atoms in total. The van der Waals surface area contributed by atoms with Crippen LogP contribution in [0.3, 0.4) is 0 Å². The lowest BCUT2D eigenvalue weighted by Gasteiger charge is -2.36. The summed E-state index contributed by atoms with van der Waals surface area (Å²) >= 11 is 12.0. The Bertz CT molecular complexity index is 728. The molecule has 1 N–H and O–H groups in total. The molecule has 3 rings (SSSR count). The van der Waals surface area contributed by atoms with E-state index in [-0.39, 0.29) is 5.91 Å². The van der Waals surface area contributed by atoms with Crippen molar-refractivity contribution in [3.63, 3.8) is 0 Å². The second kappa shape index (κ2) is 9.26. The van der Waals surface area contributed by atoms with Crippen LogP contribution in [0.15, 0.2) is 48.5 Å². The minimum atomic E-state index is 0.0119. The van der Waals surface area contributed by atoms with Crippen LogP contribution in [-0.4, -0.2) is 50.1 Å². The Morgan fingerprint density at radius 3 is 2.35 bits per heavy atom. The molecule has 6 heteroatoms. The molecule has 0 unspecified atom stereocenters. The van der Waals surface area contributed by atoms with Gasteiger partial charge in [0.2, 0.25) is 5.91 Å². The molecule has 0 aromatic heterocycles. The quantitative estimate of drug-likeness (QED) is 0.818. The number of benzene rings is 2. The van der Waals surface area contributed by atoms with Gasteiger partial charge in [-0.3, -0.25) is 9.69 Å². The van der Waals surface area contributed by atoms with Gasteiger partial charge < -0.3 is 10.2 Å². The summed E-state index contributed by atoms with van der Waals surface area (Å²) in [6.07, 6.45) is 0.323. The summed E-state index contributed by atoms with van der Waals surface area (Å²) in [7, 11) is 0. The summed E-state index contributed by atoms with van der Waals surface area (Å²) in [4.78, 5) is 16.8. The summed E-state index contributed by atoms with van der Waals surface area (Å²) in [5.41, 5.74) is 2.07. The molecule has 26 heavy (non-hydrogen) atoms. The number of carbonyl (C=O) groups excluding carboxylic acids is 1. The highest BCUT2D eigenvalue weighted by molar-refractivity contribution is 6.31. The second-order valence-corrected chi connectivity index (χ2v) is 7.27. The van der Waals surface area contributed by atoms with E-state index in [9.17, 15) is 4.79 Å². The molecule has 1 aliphatic heterocycles. The van der Waals surface area contributed by atoms with Crippen LogP contribution in [-0.2, 0) is 11.2 Å². The van der Waals surface area contributed by atoms with Gasteiger partial charge in [0.15, 0.2) is 0 Å². The minimum absolute atomic E-state index is 0.0119. The highest BCUT2D eigenvalue weighted by Gasteiger charge is 2.17. The van der Waals surface area contributed by atoms with Gasteiger partial charge in [0, 0.05) is 55.0 Å². The third kappa shape index (κ3) is 5.37. The monoisotopic (exact) mass is 391 g/mol. The molecule has 1 saturated heterocycles. The molecule has 1 aliphatic rings. The third-order valence-corrected chi connectivity index (χ3v) is 5.24. The highest BCUT2D eigenvalue weighted by Crippen LogP contribution is 2.19. The molecule has 0 radical (unpaired) electrons. The van der Waals surface area contributed by atoms with Crippen molar-refractivity contribution in [1.82, 2.24) is 10.2 Å². The summed E-state index contributed by atoms with van der Waals surface area (Å²) in [5, 5.41) is 4.39. The van der Waals surface area contributed by atoms with Gasteiger partial charge in [-0.25, -0.2) is 0 Å². The van der Waals surface area contributed by atoms with Crippen LogP contribution in [0, 0.1) is 0 Å². The predicted octanol–water partition coefficient (Wildman–Crippen LogP) is 3.47. The van der Waals surface area contributed by atoms with Crippen LogP contribution < -0.4 is 10.2 Å². The van der Waals surface area contributed by atoms with Crippen molar-refractivity contribution in [3.05, 3.63) is 64.1 Å². The van der Waals surface area contributed by atoms with Gasteiger partial charge in [-0.1, -0.05) is 41.4 Å². The van der Waals surface area contributed by atoms with Crippen LogP contribution >= 0.6 is 23.2 Å². The third-order valence-electron chi connectivity index (χ3n) is 4.62. The number of hydrogen-bond donors (Lipinski definition) is 1. The first-order chi connectivity index (χ1) is 12.6. The van der Waals surface area contributed by atoms with Gasteiger partial charge in [-0.05, 0) is 35.9 Å². The summed E-state index contributed by atoms with van der Waals surface area (Å²) < 4.78 is 0. The topological polar surface area (TPSA) is 35.6 Å². The molecule has 0 spiro atoms. The molecule has 0 atom stereocenters. The lowest BCUT2D eigenvalue weighted by molar-refractivity contribution is -0.120. The number of hydrogen-bond acceptors (Lipinski definition) is 3.